The first kappa shape index (κ1) is 14.8. The Bertz CT molecular complexity index is 311. The minimum absolute atomic E-state index is 0.301. The van der Waals surface area contributed by atoms with Crippen LogP contribution in [0, 0.1) is 29.1 Å². The van der Waals surface area contributed by atoms with Crippen LogP contribution in [0.2, 0.25) is 0 Å². The quantitative estimate of drug-likeness (QED) is 0.802. The Labute approximate surface area is 117 Å². The molecule has 1 saturated heterocycles. The standard InChI is InChI=1S/C16H30N2O/c1-11(2)13(12(3)4)10-18-15(19)14-9-16(14)5-7-17-8-6-16/h11-14,17H,5-10H2,1-4H3,(H,18,19). The number of carbonyl (C=O) groups is 1. The molecule has 1 spiro atoms. The number of rotatable bonds is 5. The summed E-state index contributed by atoms with van der Waals surface area (Å²) in [6, 6.07) is 0. The van der Waals surface area contributed by atoms with Crippen molar-refractivity contribution in [3.8, 4) is 0 Å². The zero-order valence-corrected chi connectivity index (χ0v) is 13.0. The first-order valence-electron chi connectivity index (χ1n) is 7.95. The zero-order valence-electron chi connectivity index (χ0n) is 13.0. The molecule has 0 radical (unpaired) electrons. The van der Waals surface area contributed by atoms with Crippen molar-refractivity contribution in [2.24, 2.45) is 29.1 Å². The molecular weight excluding hydrogens is 236 g/mol. The van der Waals surface area contributed by atoms with Crippen molar-refractivity contribution in [1.82, 2.24) is 10.6 Å². The largest absolute Gasteiger partial charge is 0.356 e. The number of hydrogen-bond acceptors (Lipinski definition) is 2. The lowest BCUT2D eigenvalue weighted by Crippen LogP contribution is -2.37. The molecule has 0 aromatic rings. The molecule has 110 valence electrons. The summed E-state index contributed by atoms with van der Waals surface area (Å²) in [5.74, 6) is 2.47. The average molecular weight is 266 g/mol. The highest BCUT2D eigenvalue weighted by Gasteiger charge is 2.57. The highest BCUT2D eigenvalue weighted by molar-refractivity contribution is 5.82. The molecule has 1 aliphatic heterocycles. The third-order valence-electron chi connectivity index (χ3n) is 5.33. The predicted molar refractivity (Wildman–Crippen MR) is 78.8 cm³/mol. The molecule has 3 nitrogen and oxygen atoms in total. The van der Waals surface area contributed by atoms with Crippen molar-refractivity contribution < 1.29 is 4.79 Å². The van der Waals surface area contributed by atoms with Crippen LogP contribution in [0.3, 0.4) is 0 Å². The SMILES string of the molecule is CC(C)C(CNC(=O)C1CC12CCNCC2)C(C)C. The number of piperidine rings is 1. The van der Waals surface area contributed by atoms with E-state index in [9.17, 15) is 4.79 Å². The molecule has 1 amide bonds. The summed E-state index contributed by atoms with van der Waals surface area (Å²) in [7, 11) is 0. The Morgan fingerprint density at radius 1 is 1.21 bits per heavy atom. The fourth-order valence-corrected chi connectivity index (χ4v) is 3.78. The maximum Gasteiger partial charge on any atom is 0.223 e. The van der Waals surface area contributed by atoms with E-state index in [1.165, 1.54) is 12.8 Å². The van der Waals surface area contributed by atoms with Gasteiger partial charge >= 0.3 is 0 Å². The molecular formula is C16H30N2O. The molecule has 0 aromatic carbocycles. The normalized spacial score (nSPS) is 25.3. The summed E-state index contributed by atoms with van der Waals surface area (Å²) in [5, 5.41) is 6.61. The van der Waals surface area contributed by atoms with Crippen LogP contribution in [0.25, 0.3) is 0 Å². The van der Waals surface area contributed by atoms with Gasteiger partial charge in [0.25, 0.3) is 0 Å². The van der Waals surface area contributed by atoms with Gasteiger partial charge in [-0.2, -0.15) is 0 Å². The molecule has 3 heteroatoms. The van der Waals surface area contributed by atoms with Crippen molar-refractivity contribution >= 4 is 5.91 Å². The van der Waals surface area contributed by atoms with Gasteiger partial charge in [0.1, 0.15) is 0 Å². The van der Waals surface area contributed by atoms with E-state index >= 15 is 0 Å². The Balaban J connectivity index is 1.79. The third-order valence-corrected chi connectivity index (χ3v) is 5.33. The molecule has 1 heterocycles. The predicted octanol–water partition coefficient (Wildman–Crippen LogP) is 2.42. The lowest BCUT2D eigenvalue weighted by Gasteiger charge is -2.26. The molecule has 1 saturated carbocycles. The summed E-state index contributed by atoms with van der Waals surface area (Å²) in [5.41, 5.74) is 0.362. The smallest absolute Gasteiger partial charge is 0.223 e. The van der Waals surface area contributed by atoms with Gasteiger partial charge in [-0.05, 0) is 55.5 Å². The minimum atomic E-state index is 0.301. The fraction of sp³-hybridized carbons (Fsp3) is 0.938. The van der Waals surface area contributed by atoms with Gasteiger partial charge in [-0.25, -0.2) is 0 Å². The Kier molecular flexibility index (Phi) is 4.54. The summed E-state index contributed by atoms with van der Waals surface area (Å²) in [4.78, 5) is 12.3. The van der Waals surface area contributed by atoms with Gasteiger partial charge in [0.05, 0.1) is 0 Å². The van der Waals surface area contributed by atoms with Crippen molar-refractivity contribution in [2.45, 2.75) is 47.0 Å². The molecule has 2 aliphatic rings. The highest BCUT2D eigenvalue weighted by atomic mass is 16.2. The maximum absolute atomic E-state index is 12.3. The van der Waals surface area contributed by atoms with Crippen LogP contribution in [-0.2, 0) is 4.79 Å². The lowest BCUT2D eigenvalue weighted by atomic mass is 9.85. The van der Waals surface area contributed by atoms with Crippen LogP contribution < -0.4 is 10.6 Å². The van der Waals surface area contributed by atoms with Crippen LogP contribution in [0.4, 0.5) is 0 Å². The second-order valence-electron chi connectivity index (χ2n) is 7.27. The Morgan fingerprint density at radius 2 is 1.79 bits per heavy atom. The zero-order chi connectivity index (χ0) is 14.0. The third kappa shape index (κ3) is 3.31. The maximum atomic E-state index is 12.3. The van der Waals surface area contributed by atoms with Crippen molar-refractivity contribution in [1.29, 1.82) is 0 Å². The number of carbonyl (C=O) groups excluding carboxylic acids is 1. The molecule has 0 aromatic heterocycles. The van der Waals surface area contributed by atoms with E-state index < -0.39 is 0 Å². The van der Waals surface area contributed by atoms with Gasteiger partial charge in [-0.15, -0.1) is 0 Å². The van der Waals surface area contributed by atoms with E-state index in [1.807, 2.05) is 0 Å². The average Bonchev–Trinajstić information content (AvgIpc) is 3.03. The van der Waals surface area contributed by atoms with Crippen molar-refractivity contribution in [2.75, 3.05) is 19.6 Å². The summed E-state index contributed by atoms with van der Waals surface area (Å²) >= 11 is 0. The van der Waals surface area contributed by atoms with Crippen molar-refractivity contribution in [3.05, 3.63) is 0 Å². The van der Waals surface area contributed by atoms with Crippen LogP contribution in [-0.4, -0.2) is 25.5 Å². The van der Waals surface area contributed by atoms with E-state index in [0.29, 0.717) is 35.0 Å². The molecule has 2 rings (SSSR count). The van der Waals surface area contributed by atoms with E-state index in [2.05, 4.69) is 38.3 Å². The van der Waals surface area contributed by atoms with E-state index in [1.54, 1.807) is 0 Å². The molecule has 19 heavy (non-hydrogen) atoms. The molecule has 1 atom stereocenters. The Morgan fingerprint density at radius 3 is 2.32 bits per heavy atom. The summed E-state index contributed by atoms with van der Waals surface area (Å²) < 4.78 is 0. The van der Waals surface area contributed by atoms with Crippen LogP contribution in [0.5, 0.6) is 0 Å². The first-order valence-corrected chi connectivity index (χ1v) is 7.95. The Hall–Kier alpha value is -0.570. The molecule has 2 N–H and O–H groups in total. The number of nitrogens with one attached hydrogen (secondary N) is 2. The fourth-order valence-electron chi connectivity index (χ4n) is 3.78. The minimum Gasteiger partial charge on any atom is -0.356 e. The second-order valence-corrected chi connectivity index (χ2v) is 7.27. The number of hydrogen-bond donors (Lipinski definition) is 2. The summed E-state index contributed by atoms with van der Waals surface area (Å²) in [6.45, 7) is 12.0. The van der Waals surface area contributed by atoms with Gasteiger partial charge < -0.3 is 10.6 Å². The van der Waals surface area contributed by atoms with Gasteiger partial charge in [0.15, 0.2) is 0 Å². The van der Waals surface area contributed by atoms with E-state index in [4.69, 9.17) is 0 Å². The van der Waals surface area contributed by atoms with Gasteiger partial charge in [-0.3, -0.25) is 4.79 Å². The van der Waals surface area contributed by atoms with Gasteiger partial charge in [0.2, 0.25) is 5.91 Å². The topological polar surface area (TPSA) is 41.1 Å². The molecule has 1 unspecified atom stereocenters. The lowest BCUT2D eigenvalue weighted by molar-refractivity contribution is -0.123. The molecule has 2 fully saturated rings. The highest BCUT2D eigenvalue weighted by Crippen LogP contribution is 2.58. The molecule has 0 bridgehead atoms. The number of amides is 1. The van der Waals surface area contributed by atoms with Gasteiger partial charge in [-0.1, -0.05) is 27.7 Å². The first-order chi connectivity index (χ1) is 8.96. The molecule has 1 aliphatic carbocycles. The van der Waals surface area contributed by atoms with E-state index in [-0.39, 0.29) is 0 Å². The van der Waals surface area contributed by atoms with Crippen molar-refractivity contribution in [3.63, 3.8) is 0 Å². The van der Waals surface area contributed by atoms with E-state index in [0.717, 1.165) is 26.1 Å². The van der Waals surface area contributed by atoms with Crippen LogP contribution >= 0.6 is 0 Å². The van der Waals surface area contributed by atoms with Gasteiger partial charge in [0, 0.05) is 12.5 Å². The second kappa shape index (κ2) is 5.82. The van der Waals surface area contributed by atoms with Crippen LogP contribution in [0.15, 0.2) is 0 Å². The summed E-state index contributed by atoms with van der Waals surface area (Å²) in [6.07, 6.45) is 3.49. The van der Waals surface area contributed by atoms with Crippen LogP contribution in [0.1, 0.15) is 47.0 Å². The monoisotopic (exact) mass is 266 g/mol.